The van der Waals surface area contributed by atoms with Gasteiger partial charge < -0.3 is 15.0 Å². The molecule has 9 heteroatoms. The van der Waals surface area contributed by atoms with Crippen molar-refractivity contribution in [2.75, 3.05) is 44.9 Å². The molecule has 0 aromatic heterocycles. The van der Waals surface area contributed by atoms with E-state index in [-0.39, 0.29) is 36.6 Å². The molecule has 0 bridgehead atoms. The van der Waals surface area contributed by atoms with Crippen LogP contribution in [0.2, 0.25) is 0 Å². The van der Waals surface area contributed by atoms with Gasteiger partial charge in [-0.05, 0) is 43.5 Å². The summed E-state index contributed by atoms with van der Waals surface area (Å²) >= 11 is 0. The number of hydrogen-bond acceptors (Lipinski definition) is 5. The standard InChI is InChI=1S/C19H29N3O5S/c1-4-12-28(25,26)22-11-5-6-15(13-22)19(24)20-16-7-9-17(10-8-16)27-14-18(23)21(2)3/h7-10,15H,4-6,11-14H2,1-3H3,(H,20,24). The molecule has 1 fully saturated rings. The molecule has 1 N–H and O–H groups in total. The second-order valence-corrected chi connectivity index (χ2v) is 9.19. The van der Waals surface area contributed by atoms with Gasteiger partial charge in [0.15, 0.2) is 6.61 Å². The maximum atomic E-state index is 12.6. The van der Waals surface area contributed by atoms with Crippen LogP contribution in [-0.2, 0) is 19.6 Å². The van der Waals surface area contributed by atoms with Gasteiger partial charge in [0.05, 0.1) is 11.7 Å². The summed E-state index contributed by atoms with van der Waals surface area (Å²) in [4.78, 5) is 25.5. The molecule has 1 aromatic rings. The third kappa shape index (κ3) is 6.20. The van der Waals surface area contributed by atoms with Crippen molar-refractivity contribution in [3.8, 4) is 5.75 Å². The lowest BCUT2D eigenvalue weighted by molar-refractivity contribution is -0.130. The first-order valence-corrected chi connectivity index (χ1v) is 11.1. The molecule has 8 nitrogen and oxygen atoms in total. The summed E-state index contributed by atoms with van der Waals surface area (Å²) < 4.78 is 31.3. The van der Waals surface area contributed by atoms with Crippen LogP contribution in [0, 0.1) is 5.92 Å². The van der Waals surface area contributed by atoms with Crippen LogP contribution in [0.1, 0.15) is 26.2 Å². The summed E-state index contributed by atoms with van der Waals surface area (Å²) in [6.07, 6.45) is 1.90. The summed E-state index contributed by atoms with van der Waals surface area (Å²) in [5.41, 5.74) is 0.602. The van der Waals surface area contributed by atoms with Crippen LogP contribution in [0.4, 0.5) is 5.69 Å². The molecule has 1 aliphatic rings. The fourth-order valence-corrected chi connectivity index (χ4v) is 4.54. The second kappa shape index (κ2) is 9.88. The van der Waals surface area contributed by atoms with Crippen molar-refractivity contribution in [2.45, 2.75) is 26.2 Å². The predicted molar refractivity (Wildman–Crippen MR) is 108 cm³/mol. The smallest absolute Gasteiger partial charge is 0.259 e. The van der Waals surface area contributed by atoms with Crippen molar-refractivity contribution in [3.63, 3.8) is 0 Å². The Balaban J connectivity index is 1.90. The van der Waals surface area contributed by atoms with E-state index in [9.17, 15) is 18.0 Å². The molecule has 1 aromatic carbocycles. The number of nitrogens with zero attached hydrogens (tertiary/aromatic N) is 2. The molecule has 0 aliphatic carbocycles. The molecule has 2 amide bonds. The number of amides is 2. The molecule has 1 aliphatic heterocycles. The SMILES string of the molecule is CCCS(=O)(=O)N1CCCC(C(=O)Nc2ccc(OCC(=O)N(C)C)cc2)C1. The first kappa shape index (κ1) is 22.2. The first-order valence-electron chi connectivity index (χ1n) is 9.44. The number of anilines is 1. The number of carbonyl (C=O) groups is 2. The number of piperidine rings is 1. The Bertz CT molecular complexity index is 777. The van der Waals surface area contributed by atoms with Crippen LogP contribution in [-0.4, -0.2) is 69.0 Å². The Hall–Kier alpha value is -2.13. The zero-order valence-electron chi connectivity index (χ0n) is 16.7. The van der Waals surface area contributed by atoms with E-state index in [0.717, 1.165) is 0 Å². The highest BCUT2D eigenvalue weighted by Crippen LogP contribution is 2.22. The van der Waals surface area contributed by atoms with Gasteiger partial charge in [-0.2, -0.15) is 0 Å². The topological polar surface area (TPSA) is 96.0 Å². The summed E-state index contributed by atoms with van der Waals surface area (Å²) in [5.74, 6) is -0.0547. The number of benzene rings is 1. The van der Waals surface area contributed by atoms with Gasteiger partial charge in [-0.3, -0.25) is 9.59 Å². The quantitative estimate of drug-likeness (QED) is 0.700. The van der Waals surface area contributed by atoms with Crippen LogP contribution in [0.5, 0.6) is 5.75 Å². The Labute approximate surface area is 166 Å². The summed E-state index contributed by atoms with van der Waals surface area (Å²) in [6, 6.07) is 6.75. The number of carbonyl (C=O) groups excluding carboxylic acids is 2. The van der Waals surface area contributed by atoms with Gasteiger partial charge in [-0.1, -0.05) is 6.92 Å². The van der Waals surface area contributed by atoms with Crippen LogP contribution < -0.4 is 10.1 Å². The predicted octanol–water partition coefficient (Wildman–Crippen LogP) is 1.54. The molecule has 0 radical (unpaired) electrons. The Kier molecular flexibility index (Phi) is 7.82. The van der Waals surface area contributed by atoms with E-state index in [4.69, 9.17) is 4.74 Å². The average Bonchev–Trinajstić information content (AvgIpc) is 2.67. The third-order valence-electron chi connectivity index (χ3n) is 4.59. The highest BCUT2D eigenvalue weighted by Gasteiger charge is 2.31. The number of sulfonamides is 1. The zero-order valence-corrected chi connectivity index (χ0v) is 17.5. The fraction of sp³-hybridized carbons (Fsp3) is 0.579. The maximum Gasteiger partial charge on any atom is 0.259 e. The van der Waals surface area contributed by atoms with Crippen molar-refractivity contribution in [1.82, 2.24) is 9.21 Å². The normalized spacial score (nSPS) is 17.8. The van der Waals surface area contributed by atoms with Crippen molar-refractivity contribution in [2.24, 2.45) is 5.92 Å². The third-order valence-corrected chi connectivity index (χ3v) is 6.64. The van der Waals surface area contributed by atoms with Gasteiger partial charge in [0.25, 0.3) is 5.91 Å². The van der Waals surface area contributed by atoms with Gasteiger partial charge in [-0.15, -0.1) is 0 Å². The maximum absolute atomic E-state index is 12.6. The van der Waals surface area contributed by atoms with Gasteiger partial charge in [0.1, 0.15) is 5.75 Å². The first-order chi connectivity index (χ1) is 13.2. The summed E-state index contributed by atoms with van der Waals surface area (Å²) in [7, 11) is 0.0218. The van der Waals surface area contributed by atoms with Gasteiger partial charge in [0, 0.05) is 32.9 Å². The molecular formula is C19H29N3O5S. The van der Waals surface area contributed by atoms with Gasteiger partial charge in [-0.25, -0.2) is 12.7 Å². The minimum Gasteiger partial charge on any atom is -0.484 e. The minimum atomic E-state index is -3.29. The van der Waals surface area contributed by atoms with Gasteiger partial charge >= 0.3 is 0 Å². The Morgan fingerprint density at radius 3 is 2.54 bits per heavy atom. The number of ether oxygens (including phenoxy) is 1. The minimum absolute atomic E-state index is 0.0527. The zero-order chi connectivity index (χ0) is 20.7. The van der Waals surface area contributed by atoms with Crippen molar-refractivity contribution >= 4 is 27.5 Å². The van der Waals surface area contributed by atoms with E-state index < -0.39 is 10.0 Å². The van der Waals surface area contributed by atoms with E-state index in [2.05, 4.69) is 5.32 Å². The summed E-state index contributed by atoms with van der Waals surface area (Å²) in [5, 5.41) is 2.83. The molecule has 0 spiro atoms. The van der Waals surface area contributed by atoms with Crippen molar-refractivity contribution < 1.29 is 22.7 Å². The van der Waals surface area contributed by atoms with Crippen molar-refractivity contribution in [1.29, 1.82) is 0 Å². The Morgan fingerprint density at radius 2 is 1.93 bits per heavy atom. The van der Waals surface area contributed by atoms with Crippen LogP contribution in [0.3, 0.4) is 0 Å². The van der Waals surface area contributed by atoms with Crippen LogP contribution in [0.15, 0.2) is 24.3 Å². The molecule has 1 saturated heterocycles. The fourth-order valence-electron chi connectivity index (χ4n) is 2.95. The lowest BCUT2D eigenvalue weighted by atomic mass is 9.99. The number of nitrogens with one attached hydrogen (secondary N) is 1. The van der Waals surface area contributed by atoms with Crippen LogP contribution in [0.25, 0.3) is 0 Å². The number of rotatable bonds is 8. The molecule has 1 heterocycles. The molecule has 1 atom stereocenters. The molecule has 28 heavy (non-hydrogen) atoms. The lowest BCUT2D eigenvalue weighted by Gasteiger charge is -2.31. The number of hydrogen-bond donors (Lipinski definition) is 1. The van der Waals surface area contributed by atoms with E-state index in [1.165, 1.54) is 9.21 Å². The van der Waals surface area contributed by atoms with Crippen molar-refractivity contribution in [3.05, 3.63) is 24.3 Å². The number of likely N-dealkylation sites (N-methyl/N-ethyl adjacent to an activating group) is 1. The molecule has 1 unspecified atom stereocenters. The Morgan fingerprint density at radius 1 is 1.25 bits per heavy atom. The second-order valence-electron chi connectivity index (χ2n) is 7.10. The largest absolute Gasteiger partial charge is 0.484 e. The van der Waals surface area contributed by atoms with E-state index in [1.54, 1.807) is 38.4 Å². The average molecular weight is 412 g/mol. The van der Waals surface area contributed by atoms with Crippen LogP contribution >= 0.6 is 0 Å². The van der Waals surface area contributed by atoms with E-state index >= 15 is 0 Å². The highest BCUT2D eigenvalue weighted by atomic mass is 32.2. The molecule has 0 saturated carbocycles. The van der Waals surface area contributed by atoms with E-state index in [1.807, 2.05) is 6.92 Å². The molecule has 156 valence electrons. The monoisotopic (exact) mass is 411 g/mol. The molecular weight excluding hydrogens is 382 g/mol. The summed E-state index contributed by atoms with van der Waals surface area (Å²) in [6.45, 7) is 2.48. The highest BCUT2D eigenvalue weighted by molar-refractivity contribution is 7.89. The molecule has 2 rings (SSSR count). The van der Waals surface area contributed by atoms with E-state index in [0.29, 0.717) is 37.2 Å². The van der Waals surface area contributed by atoms with Gasteiger partial charge in [0.2, 0.25) is 15.9 Å². The lowest BCUT2D eigenvalue weighted by Crippen LogP contribution is -2.44.